The second kappa shape index (κ2) is 8.57. The molecule has 0 fully saturated rings. The van der Waals surface area contributed by atoms with Crippen LogP contribution in [0.15, 0.2) is 83.9 Å². The van der Waals surface area contributed by atoms with E-state index in [0.29, 0.717) is 22.5 Å². The highest BCUT2D eigenvalue weighted by Crippen LogP contribution is 2.24. The molecule has 0 aliphatic carbocycles. The summed E-state index contributed by atoms with van der Waals surface area (Å²) in [6.07, 6.45) is -1.98. The molecular weight excluding hydrogens is 385 g/mol. The van der Waals surface area contributed by atoms with Gasteiger partial charge in [0, 0.05) is 11.1 Å². The minimum atomic E-state index is -1.21. The fourth-order valence-corrected chi connectivity index (χ4v) is 3.07. The van der Waals surface area contributed by atoms with Crippen LogP contribution >= 0.6 is 0 Å². The highest BCUT2D eigenvalue weighted by atomic mass is 19.1. The van der Waals surface area contributed by atoms with Crippen molar-refractivity contribution in [2.45, 2.75) is 12.8 Å². The second-order valence-electron chi connectivity index (χ2n) is 6.63. The molecule has 1 heterocycles. The molecule has 0 spiro atoms. The van der Waals surface area contributed by atoms with Gasteiger partial charge in [-0.1, -0.05) is 48.5 Å². The van der Waals surface area contributed by atoms with Gasteiger partial charge in [-0.3, -0.25) is 10.1 Å². The molecule has 1 aliphatic heterocycles. The molecule has 6 nitrogen and oxygen atoms in total. The number of nitrogens with one attached hydrogen (secondary N) is 2. The maximum absolute atomic E-state index is 13.4. The number of rotatable bonds is 4. The van der Waals surface area contributed by atoms with Crippen LogP contribution in [0.2, 0.25) is 0 Å². The minimum absolute atomic E-state index is 0.0652. The Labute approximate surface area is 172 Å². The van der Waals surface area contributed by atoms with E-state index in [4.69, 9.17) is 4.74 Å². The first-order valence-electron chi connectivity index (χ1n) is 9.31. The molecule has 0 radical (unpaired) electrons. The van der Waals surface area contributed by atoms with E-state index >= 15 is 0 Å². The van der Waals surface area contributed by atoms with Gasteiger partial charge in [0.25, 0.3) is 5.91 Å². The zero-order valence-corrected chi connectivity index (χ0v) is 15.8. The summed E-state index contributed by atoms with van der Waals surface area (Å²) in [5.41, 5.74) is 3.11. The predicted octanol–water partition coefficient (Wildman–Crippen LogP) is 3.87. The van der Waals surface area contributed by atoms with Gasteiger partial charge in [-0.15, -0.1) is 0 Å². The first-order valence-corrected chi connectivity index (χ1v) is 9.31. The summed E-state index contributed by atoms with van der Waals surface area (Å²) >= 11 is 0. The van der Waals surface area contributed by atoms with Gasteiger partial charge in [-0.05, 0) is 35.9 Å². The Morgan fingerprint density at radius 1 is 1.00 bits per heavy atom. The van der Waals surface area contributed by atoms with E-state index in [1.54, 1.807) is 30.3 Å². The van der Waals surface area contributed by atoms with E-state index in [-0.39, 0.29) is 12.4 Å². The molecule has 0 saturated carbocycles. The number of alkyl carbamates (subject to hydrolysis) is 1. The van der Waals surface area contributed by atoms with E-state index in [0.717, 1.165) is 5.56 Å². The molecule has 0 aromatic heterocycles. The van der Waals surface area contributed by atoms with Crippen LogP contribution in [0.5, 0.6) is 0 Å². The summed E-state index contributed by atoms with van der Waals surface area (Å²) in [4.78, 5) is 29.4. The summed E-state index contributed by atoms with van der Waals surface area (Å²) in [6, 6.07) is 22.1. The molecule has 3 aromatic carbocycles. The van der Waals surface area contributed by atoms with E-state index in [9.17, 15) is 14.0 Å². The fraction of sp³-hybridized carbons (Fsp3) is 0.0870. The lowest BCUT2D eigenvalue weighted by Crippen LogP contribution is -2.42. The monoisotopic (exact) mass is 403 g/mol. The molecule has 2 amide bonds. The third-order valence-corrected chi connectivity index (χ3v) is 4.53. The molecule has 1 unspecified atom stereocenters. The number of anilines is 1. The molecule has 1 aliphatic rings. The van der Waals surface area contributed by atoms with Crippen molar-refractivity contribution in [1.29, 1.82) is 0 Å². The quantitative estimate of drug-likeness (QED) is 0.694. The Hall–Kier alpha value is -4.00. The number of benzene rings is 3. The molecule has 7 heteroatoms. The highest BCUT2D eigenvalue weighted by Gasteiger charge is 2.27. The third kappa shape index (κ3) is 4.35. The Morgan fingerprint density at radius 3 is 2.47 bits per heavy atom. The number of ether oxygens (including phenoxy) is 1. The second-order valence-corrected chi connectivity index (χ2v) is 6.63. The van der Waals surface area contributed by atoms with E-state index in [2.05, 4.69) is 15.6 Å². The Bertz CT molecular complexity index is 1100. The number of hydrogen-bond acceptors (Lipinski definition) is 4. The van der Waals surface area contributed by atoms with Crippen LogP contribution in [0.1, 0.15) is 16.7 Å². The normalized spacial score (nSPS) is 15.3. The fourth-order valence-electron chi connectivity index (χ4n) is 3.07. The number of hydrogen-bond donors (Lipinski definition) is 2. The standard InChI is InChI=1S/C23H18FN3O3/c24-17-12-10-16(11-13-17)20-18-8-4-5-9-19(18)25-22(28)21(26-20)27-23(29)30-14-15-6-2-1-3-7-15/h1-13,21H,14H2,(H,25,28)(H,27,29). The maximum Gasteiger partial charge on any atom is 0.409 e. The van der Waals surface area contributed by atoms with E-state index in [1.807, 2.05) is 36.4 Å². The van der Waals surface area contributed by atoms with Crippen molar-refractivity contribution in [1.82, 2.24) is 5.32 Å². The van der Waals surface area contributed by atoms with Crippen LogP contribution in [0.3, 0.4) is 0 Å². The third-order valence-electron chi connectivity index (χ3n) is 4.53. The average Bonchev–Trinajstić information content (AvgIpc) is 2.90. The van der Waals surface area contributed by atoms with Crippen LogP contribution in [-0.2, 0) is 16.1 Å². The molecular formula is C23H18FN3O3. The molecule has 0 bridgehead atoms. The number of carbonyl (C=O) groups excluding carboxylic acids is 2. The first kappa shape index (κ1) is 19.3. The molecule has 2 N–H and O–H groups in total. The number of benzodiazepines with no additional fused rings is 1. The lowest BCUT2D eigenvalue weighted by molar-refractivity contribution is -0.117. The average molecular weight is 403 g/mol. The number of carbonyl (C=O) groups is 2. The zero-order valence-electron chi connectivity index (χ0n) is 15.8. The molecule has 0 saturated heterocycles. The van der Waals surface area contributed by atoms with Crippen molar-refractivity contribution in [2.24, 2.45) is 4.99 Å². The van der Waals surface area contributed by atoms with Crippen LogP contribution < -0.4 is 10.6 Å². The largest absolute Gasteiger partial charge is 0.445 e. The Morgan fingerprint density at radius 2 is 1.70 bits per heavy atom. The van der Waals surface area contributed by atoms with Crippen LogP contribution in [0.25, 0.3) is 0 Å². The lowest BCUT2D eigenvalue weighted by Gasteiger charge is -2.13. The predicted molar refractivity (Wildman–Crippen MR) is 111 cm³/mol. The number of para-hydroxylation sites is 1. The van der Waals surface area contributed by atoms with Gasteiger partial charge >= 0.3 is 6.09 Å². The van der Waals surface area contributed by atoms with Crippen LogP contribution in [-0.4, -0.2) is 23.9 Å². The van der Waals surface area contributed by atoms with Crippen molar-refractivity contribution >= 4 is 23.4 Å². The first-order chi connectivity index (χ1) is 14.6. The van der Waals surface area contributed by atoms with Gasteiger partial charge in [0.05, 0.1) is 11.4 Å². The SMILES string of the molecule is O=C(NC1N=C(c2ccc(F)cc2)c2ccccc2NC1=O)OCc1ccccc1. The lowest BCUT2D eigenvalue weighted by atomic mass is 10.0. The molecule has 4 rings (SSSR count). The van der Waals surface area contributed by atoms with Gasteiger partial charge < -0.3 is 10.1 Å². The van der Waals surface area contributed by atoms with E-state index < -0.39 is 18.2 Å². The molecule has 1 atom stereocenters. The van der Waals surface area contributed by atoms with Crippen molar-refractivity contribution in [3.05, 3.63) is 101 Å². The zero-order chi connectivity index (χ0) is 20.9. The smallest absolute Gasteiger partial charge is 0.409 e. The van der Waals surface area contributed by atoms with Gasteiger partial charge in [0.1, 0.15) is 12.4 Å². The van der Waals surface area contributed by atoms with Crippen molar-refractivity contribution < 1.29 is 18.7 Å². The summed E-state index contributed by atoms with van der Waals surface area (Å²) < 4.78 is 18.6. The van der Waals surface area contributed by atoms with Gasteiger partial charge in [-0.2, -0.15) is 0 Å². The summed E-state index contributed by atoms with van der Waals surface area (Å²) in [6.45, 7) is 0.0652. The van der Waals surface area contributed by atoms with Crippen LogP contribution in [0, 0.1) is 5.82 Å². The van der Waals surface area contributed by atoms with Crippen molar-refractivity contribution in [2.75, 3.05) is 5.32 Å². The van der Waals surface area contributed by atoms with E-state index in [1.165, 1.54) is 12.1 Å². The maximum atomic E-state index is 13.4. The number of aliphatic imine (C=N–C) groups is 1. The molecule has 150 valence electrons. The summed E-state index contributed by atoms with van der Waals surface area (Å²) in [7, 11) is 0. The number of nitrogens with zero attached hydrogens (tertiary/aromatic N) is 1. The minimum Gasteiger partial charge on any atom is -0.445 e. The Balaban J connectivity index is 1.59. The highest BCUT2D eigenvalue weighted by molar-refractivity contribution is 6.19. The Kier molecular flexibility index (Phi) is 5.52. The van der Waals surface area contributed by atoms with Crippen LogP contribution in [0.4, 0.5) is 14.9 Å². The molecule has 30 heavy (non-hydrogen) atoms. The molecule has 3 aromatic rings. The van der Waals surface area contributed by atoms with Crippen molar-refractivity contribution in [3.8, 4) is 0 Å². The summed E-state index contributed by atoms with van der Waals surface area (Å²) in [5, 5.41) is 5.25. The van der Waals surface area contributed by atoms with Gasteiger partial charge in [0.2, 0.25) is 6.17 Å². The summed E-state index contributed by atoms with van der Waals surface area (Å²) in [5.74, 6) is -0.883. The van der Waals surface area contributed by atoms with Gasteiger partial charge in [0.15, 0.2) is 0 Å². The topological polar surface area (TPSA) is 79.8 Å². The number of amides is 2. The number of fused-ring (bicyclic) bond motifs is 1. The van der Waals surface area contributed by atoms with Gasteiger partial charge in [-0.25, -0.2) is 14.2 Å². The van der Waals surface area contributed by atoms with Crippen molar-refractivity contribution in [3.63, 3.8) is 0 Å². The number of halogens is 1.